The molecule has 0 bridgehead atoms. The quantitative estimate of drug-likeness (QED) is 0.419. The second-order valence-electron chi connectivity index (χ2n) is 8.02. The van der Waals surface area contributed by atoms with Crippen LogP contribution in [0, 0.1) is 13.8 Å². The van der Waals surface area contributed by atoms with Gasteiger partial charge in [0.15, 0.2) is 11.5 Å². The van der Waals surface area contributed by atoms with Crippen LogP contribution >= 0.6 is 0 Å². The molecule has 158 valence electrons. The third kappa shape index (κ3) is 3.10. The average Bonchev–Trinajstić information content (AvgIpc) is 3.34. The Bertz CT molecular complexity index is 1360. The van der Waals surface area contributed by atoms with Gasteiger partial charge in [0.2, 0.25) is 5.78 Å². The number of benzene rings is 3. The van der Waals surface area contributed by atoms with E-state index in [-0.39, 0.29) is 11.3 Å². The molecule has 0 saturated carbocycles. The first-order valence-electron chi connectivity index (χ1n) is 10.4. The largest absolute Gasteiger partial charge is 0.503 e. The number of anilines is 1. The molecule has 0 spiro atoms. The molecule has 1 amide bonds. The normalized spacial score (nSPS) is 16.2. The molecule has 4 aromatic rings. The number of para-hydroxylation sites is 1. The summed E-state index contributed by atoms with van der Waals surface area (Å²) in [6.07, 6.45) is 0. The fourth-order valence-corrected chi connectivity index (χ4v) is 4.34. The van der Waals surface area contributed by atoms with E-state index in [9.17, 15) is 14.7 Å². The minimum atomic E-state index is -0.772. The van der Waals surface area contributed by atoms with Crippen LogP contribution in [0.1, 0.15) is 33.3 Å². The molecule has 1 unspecified atom stereocenters. The number of ketones is 1. The lowest BCUT2D eigenvalue weighted by Crippen LogP contribution is -2.31. The Morgan fingerprint density at radius 3 is 2.38 bits per heavy atom. The van der Waals surface area contributed by atoms with Crippen molar-refractivity contribution in [1.82, 2.24) is 0 Å². The number of aryl methyl sites for hydroxylation is 2. The third-order valence-electron chi connectivity index (χ3n) is 5.83. The van der Waals surface area contributed by atoms with Crippen LogP contribution in [0.3, 0.4) is 0 Å². The van der Waals surface area contributed by atoms with Gasteiger partial charge in [0.25, 0.3) is 5.91 Å². The van der Waals surface area contributed by atoms with Crippen molar-refractivity contribution in [3.05, 3.63) is 113 Å². The van der Waals surface area contributed by atoms with Gasteiger partial charge >= 0.3 is 0 Å². The number of hydrogen-bond acceptors (Lipinski definition) is 4. The van der Waals surface area contributed by atoms with Crippen LogP contribution < -0.4 is 4.90 Å². The zero-order chi connectivity index (χ0) is 22.4. The summed E-state index contributed by atoms with van der Waals surface area (Å²) in [7, 11) is 0. The molecule has 1 atom stereocenters. The van der Waals surface area contributed by atoms with Gasteiger partial charge in [0.05, 0.1) is 11.6 Å². The van der Waals surface area contributed by atoms with Gasteiger partial charge in [-0.3, -0.25) is 14.5 Å². The fraction of sp³-hybridized carbons (Fsp3) is 0.111. The molecule has 1 N–H and O–H groups in total. The van der Waals surface area contributed by atoms with Crippen molar-refractivity contribution in [2.45, 2.75) is 19.9 Å². The van der Waals surface area contributed by atoms with E-state index in [1.54, 1.807) is 12.1 Å². The summed E-state index contributed by atoms with van der Waals surface area (Å²) in [4.78, 5) is 28.4. The lowest BCUT2D eigenvalue weighted by atomic mass is 9.94. The minimum absolute atomic E-state index is 0.0141. The van der Waals surface area contributed by atoms with E-state index in [1.165, 1.54) is 4.90 Å². The minimum Gasteiger partial charge on any atom is -0.503 e. The summed E-state index contributed by atoms with van der Waals surface area (Å²) in [5.74, 6) is -1.58. The Hall–Kier alpha value is -4.12. The number of fused-ring (bicyclic) bond motifs is 1. The number of aliphatic hydroxyl groups excluding tert-OH is 1. The SMILES string of the molecule is Cc1ccc(N2C(=O)C(O)=C(C(=O)c3cc4ccccc4o3)C2c2ccccc2)c(C)c1. The number of Topliss-reactive ketones (excluding diaryl/α,β-unsaturated/α-hetero) is 1. The lowest BCUT2D eigenvalue weighted by Gasteiger charge is -2.28. The topological polar surface area (TPSA) is 70.8 Å². The highest BCUT2D eigenvalue weighted by atomic mass is 16.3. The van der Waals surface area contributed by atoms with Crippen LogP contribution in [0.5, 0.6) is 0 Å². The molecule has 0 aliphatic carbocycles. The summed E-state index contributed by atoms with van der Waals surface area (Å²) < 4.78 is 5.77. The van der Waals surface area contributed by atoms with Gasteiger partial charge in [0, 0.05) is 11.1 Å². The molecule has 0 fully saturated rings. The number of rotatable bonds is 4. The van der Waals surface area contributed by atoms with Gasteiger partial charge in [-0.25, -0.2) is 0 Å². The molecule has 5 heteroatoms. The molecule has 5 rings (SSSR count). The molecule has 1 aromatic heterocycles. The van der Waals surface area contributed by atoms with Crippen molar-refractivity contribution in [2.24, 2.45) is 0 Å². The first-order chi connectivity index (χ1) is 15.5. The number of amides is 1. The van der Waals surface area contributed by atoms with Crippen LogP contribution in [0.15, 0.2) is 94.6 Å². The molecule has 3 aromatic carbocycles. The van der Waals surface area contributed by atoms with Crippen molar-refractivity contribution < 1.29 is 19.1 Å². The van der Waals surface area contributed by atoms with Crippen LogP contribution in [0.2, 0.25) is 0 Å². The number of carbonyl (C=O) groups excluding carboxylic acids is 2. The molecular formula is C27H21NO4. The van der Waals surface area contributed by atoms with E-state index < -0.39 is 23.5 Å². The lowest BCUT2D eigenvalue weighted by molar-refractivity contribution is -0.117. The highest BCUT2D eigenvalue weighted by Crippen LogP contribution is 2.43. The van der Waals surface area contributed by atoms with Crippen molar-refractivity contribution >= 4 is 28.3 Å². The number of carbonyl (C=O) groups is 2. The predicted octanol–water partition coefficient (Wildman–Crippen LogP) is 5.83. The first-order valence-corrected chi connectivity index (χ1v) is 10.4. The molecule has 1 aliphatic heterocycles. The number of aliphatic hydroxyl groups is 1. The van der Waals surface area contributed by atoms with Crippen molar-refractivity contribution in [1.29, 1.82) is 0 Å². The zero-order valence-corrected chi connectivity index (χ0v) is 17.7. The van der Waals surface area contributed by atoms with Gasteiger partial charge in [-0.1, -0.05) is 66.2 Å². The van der Waals surface area contributed by atoms with E-state index in [1.807, 2.05) is 80.6 Å². The van der Waals surface area contributed by atoms with Crippen molar-refractivity contribution in [3.63, 3.8) is 0 Å². The van der Waals surface area contributed by atoms with Crippen molar-refractivity contribution in [3.8, 4) is 0 Å². The van der Waals surface area contributed by atoms with Gasteiger partial charge in [-0.05, 0) is 43.2 Å². The maximum Gasteiger partial charge on any atom is 0.294 e. The van der Waals surface area contributed by atoms with E-state index >= 15 is 0 Å². The highest BCUT2D eigenvalue weighted by molar-refractivity contribution is 6.20. The maximum absolute atomic E-state index is 13.6. The second kappa shape index (κ2) is 7.54. The summed E-state index contributed by atoms with van der Waals surface area (Å²) in [6, 6.07) is 23.2. The smallest absolute Gasteiger partial charge is 0.294 e. The second-order valence-corrected chi connectivity index (χ2v) is 8.02. The molecule has 2 heterocycles. The Kier molecular flexibility index (Phi) is 4.67. The van der Waals surface area contributed by atoms with Crippen LogP contribution in [-0.2, 0) is 4.79 Å². The highest BCUT2D eigenvalue weighted by Gasteiger charge is 2.45. The van der Waals surface area contributed by atoms with Gasteiger partial charge in [-0.15, -0.1) is 0 Å². The van der Waals surface area contributed by atoms with Gasteiger partial charge in [-0.2, -0.15) is 0 Å². The number of furan rings is 1. The summed E-state index contributed by atoms with van der Waals surface area (Å²) in [5, 5.41) is 11.7. The molecule has 1 aliphatic rings. The van der Waals surface area contributed by atoms with E-state index in [2.05, 4.69) is 0 Å². The van der Waals surface area contributed by atoms with E-state index in [4.69, 9.17) is 4.42 Å². The monoisotopic (exact) mass is 423 g/mol. The van der Waals surface area contributed by atoms with Gasteiger partial charge < -0.3 is 9.52 Å². The zero-order valence-electron chi connectivity index (χ0n) is 17.7. The average molecular weight is 423 g/mol. The van der Waals surface area contributed by atoms with Crippen molar-refractivity contribution in [2.75, 3.05) is 4.90 Å². The first kappa shape index (κ1) is 19.8. The summed E-state index contributed by atoms with van der Waals surface area (Å²) in [5.41, 5.74) is 3.90. The fourth-order valence-electron chi connectivity index (χ4n) is 4.34. The Morgan fingerprint density at radius 1 is 0.938 bits per heavy atom. The van der Waals surface area contributed by atoms with E-state index in [0.717, 1.165) is 22.1 Å². The molecule has 32 heavy (non-hydrogen) atoms. The predicted molar refractivity (Wildman–Crippen MR) is 123 cm³/mol. The number of nitrogens with zero attached hydrogens (tertiary/aromatic N) is 1. The summed E-state index contributed by atoms with van der Waals surface area (Å²) >= 11 is 0. The Morgan fingerprint density at radius 2 is 1.66 bits per heavy atom. The molecule has 0 saturated heterocycles. The van der Waals surface area contributed by atoms with Crippen LogP contribution in [-0.4, -0.2) is 16.8 Å². The van der Waals surface area contributed by atoms with E-state index in [0.29, 0.717) is 11.3 Å². The molecular weight excluding hydrogens is 402 g/mol. The third-order valence-corrected chi connectivity index (χ3v) is 5.83. The van der Waals surface area contributed by atoms with Gasteiger partial charge in [0.1, 0.15) is 5.58 Å². The van der Waals surface area contributed by atoms with Crippen LogP contribution in [0.25, 0.3) is 11.0 Å². The standard InChI is InChI=1S/C27H21NO4/c1-16-12-13-20(17(2)14-16)28-24(18-8-4-3-5-9-18)23(26(30)27(28)31)25(29)22-15-19-10-6-7-11-21(19)32-22/h3-15,24,30H,1-2H3. The summed E-state index contributed by atoms with van der Waals surface area (Å²) in [6.45, 7) is 3.89. The molecule has 5 nitrogen and oxygen atoms in total. The number of hydrogen-bond donors (Lipinski definition) is 1. The maximum atomic E-state index is 13.6. The molecule has 0 radical (unpaired) electrons. The van der Waals surface area contributed by atoms with Crippen LogP contribution in [0.4, 0.5) is 5.69 Å². The Labute approximate surface area is 185 Å². The Balaban J connectivity index is 1.67.